The number of oxazole rings is 1. The van der Waals surface area contributed by atoms with E-state index in [9.17, 15) is 0 Å². The summed E-state index contributed by atoms with van der Waals surface area (Å²) in [7, 11) is 2.01. The van der Waals surface area contributed by atoms with E-state index in [0.29, 0.717) is 30.7 Å². The second-order valence-corrected chi connectivity index (χ2v) is 7.25. The van der Waals surface area contributed by atoms with Crippen molar-refractivity contribution < 1.29 is 8.94 Å². The minimum Gasteiger partial charge on any atom is -0.440 e. The Balaban J connectivity index is 1.69. The van der Waals surface area contributed by atoms with E-state index in [1.54, 1.807) is 11.3 Å². The third-order valence-corrected chi connectivity index (χ3v) is 4.76. The SMILES string of the molecule is Cc1ccsc1-c1nc(CN(C)Cc2noc(C(C)C)n2)c(C)o1. The van der Waals surface area contributed by atoms with Crippen LogP contribution in [0.15, 0.2) is 20.4 Å². The molecule has 0 radical (unpaired) electrons. The lowest BCUT2D eigenvalue weighted by molar-refractivity contribution is 0.294. The lowest BCUT2D eigenvalue weighted by atomic mass is 10.2. The Hall–Kier alpha value is -1.99. The van der Waals surface area contributed by atoms with Gasteiger partial charge < -0.3 is 8.94 Å². The van der Waals surface area contributed by atoms with Crippen LogP contribution in [0.4, 0.5) is 0 Å². The number of thiophene rings is 1. The minimum absolute atomic E-state index is 0.242. The molecule has 24 heavy (non-hydrogen) atoms. The van der Waals surface area contributed by atoms with Gasteiger partial charge >= 0.3 is 0 Å². The van der Waals surface area contributed by atoms with Gasteiger partial charge in [-0.15, -0.1) is 11.3 Å². The smallest absolute Gasteiger partial charge is 0.237 e. The second kappa shape index (κ2) is 6.86. The quantitative estimate of drug-likeness (QED) is 0.667. The molecule has 0 saturated carbocycles. The van der Waals surface area contributed by atoms with E-state index in [-0.39, 0.29) is 5.92 Å². The molecule has 0 aliphatic rings. The lowest BCUT2D eigenvalue weighted by Crippen LogP contribution is -2.18. The highest BCUT2D eigenvalue weighted by molar-refractivity contribution is 7.13. The van der Waals surface area contributed by atoms with E-state index in [2.05, 4.69) is 38.4 Å². The molecule has 0 amide bonds. The molecule has 0 bridgehead atoms. The molecular weight excluding hydrogens is 324 g/mol. The number of aryl methyl sites for hydroxylation is 2. The van der Waals surface area contributed by atoms with Crippen LogP contribution in [0.25, 0.3) is 10.8 Å². The van der Waals surface area contributed by atoms with Gasteiger partial charge in [0.1, 0.15) is 5.76 Å². The Labute approximate surface area is 145 Å². The van der Waals surface area contributed by atoms with Crippen molar-refractivity contribution in [1.82, 2.24) is 20.0 Å². The molecule has 0 aliphatic carbocycles. The molecule has 0 saturated heterocycles. The summed E-state index contributed by atoms with van der Waals surface area (Å²) in [4.78, 5) is 12.3. The number of aromatic nitrogens is 3. The maximum Gasteiger partial charge on any atom is 0.237 e. The summed E-state index contributed by atoms with van der Waals surface area (Å²) in [6.07, 6.45) is 0. The van der Waals surface area contributed by atoms with Crippen molar-refractivity contribution in [2.24, 2.45) is 0 Å². The van der Waals surface area contributed by atoms with Crippen LogP contribution in [0.2, 0.25) is 0 Å². The predicted molar refractivity (Wildman–Crippen MR) is 92.8 cm³/mol. The van der Waals surface area contributed by atoms with E-state index < -0.39 is 0 Å². The highest BCUT2D eigenvalue weighted by atomic mass is 32.1. The topological polar surface area (TPSA) is 68.2 Å². The van der Waals surface area contributed by atoms with Gasteiger partial charge in [-0.05, 0) is 37.9 Å². The second-order valence-electron chi connectivity index (χ2n) is 6.33. The molecule has 0 atom stereocenters. The van der Waals surface area contributed by atoms with E-state index in [1.807, 2.05) is 27.8 Å². The van der Waals surface area contributed by atoms with E-state index in [0.717, 1.165) is 16.3 Å². The molecule has 0 unspecified atom stereocenters. The zero-order valence-electron chi connectivity index (χ0n) is 14.7. The molecule has 3 aromatic rings. The number of hydrogen-bond donors (Lipinski definition) is 0. The van der Waals surface area contributed by atoms with Crippen molar-refractivity contribution >= 4 is 11.3 Å². The largest absolute Gasteiger partial charge is 0.440 e. The van der Waals surface area contributed by atoms with Gasteiger partial charge in [0.25, 0.3) is 0 Å². The van der Waals surface area contributed by atoms with Crippen LogP contribution >= 0.6 is 11.3 Å². The van der Waals surface area contributed by atoms with Gasteiger partial charge in [-0.2, -0.15) is 4.98 Å². The summed E-state index contributed by atoms with van der Waals surface area (Å²) < 4.78 is 11.1. The summed E-state index contributed by atoms with van der Waals surface area (Å²) in [6.45, 7) is 9.37. The molecule has 7 heteroatoms. The number of rotatable bonds is 6. The number of nitrogens with zero attached hydrogens (tertiary/aromatic N) is 4. The van der Waals surface area contributed by atoms with Crippen LogP contribution in [0.1, 0.15) is 48.5 Å². The average Bonchev–Trinajstić information content (AvgIpc) is 3.21. The van der Waals surface area contributed by atoms with Gasteiger partial charge in [0.2, 0.25) is 11.8 Å². The van der Waals surface area contributed by atoms with Gasteiger partial charge in [0, 0.05) is 12.5 Å². The van der Waals surface area contributed by atoms with Crippen molar-refractivity contribution in [1.29, 1.82) is 0 Å². The van der Waals surface area contributed by atoms with Crippen LogP contribution in [0.5, 0.6) is 0 Å². The Bertz CT molecular complexity index is 818. The Morgan fingerprint density at radius 1 is 1.21 bits per heavy atom. The molecule has 3 heterocycles. The third kappa shape index (κ3) is 3.57. The zero-order valence-corrected chi connectivity index (χ0v) is 15.5. The first-order chi connectivity index (χ1) is 11.4. The fourth-order valence-corrected chi connectivity index (χ4v) is 3.23. The molecule has 0 fully saturated rings. The van der Waals surface area contributed by atoms with Crippen molar-refractivity contribution in [2.45, 2.75) is 46.7 Å². The minimum atomic E-state index is 0.242. The number of hydrogen-bond acceptors (Lipinski definition) is 7. The maximum atomic E-state index is 5.85. The Kier molecular flexibility index (Phi) is 4.82. The summed E-state index contributed by atoms with van der Waals surface area (Å²) in [6, 6.07) is 2.08. The van der Waals surface area contributed by atoms with Crippen LogP contribution < -0.4 is 0 Å². The fourth-order valence-electron chi connectivity index (χ4n) is 2.38. The predicted octanol–water partition coefficient (Wildman–Crippen LogP) is 4.16. The molecule has 3 aromatic heterocycles. The van der Waals surface area contributed by atoms with Crippen LogP contribution in [-0.2, 0) is 13.1 Å². The molecule has 0 spiro atoms. The van der Waals surface area contributed by atoms with E-state index >= 15 is 0 Å². The molecular formula is C17H22N4O2S. The maximum absolute atomic E-state index is 5.85. The van der Waals surface area contributed by atoms with Crippen LogP contribution in [0, 0.1) is 13.8 Å². The summed E-state index contributed by atoms with van der Waals surface area (Å²) in [5.41, 5.74) is 2.13. The van der Waals surface area contributed by atoms with E-state index in [4.69, 9.17) is 8.94 Å². The summed E-state index contributed by atoms with van der Waals surface area (Å²) in [5, 5.41) is 6.08. The standard InChI is InChI=1S/C17H22N4O2S/c1-10(2)16-19-14(20-23-16)9-21(5)8-13-12(4)22-17(18-13)15-11(3)6-7-24-15/h6-7,10H,8-9H2,1-5H3. The van der Waals surface area contributed by atoms with Crippen LogP contribution in [-0.4, -0.2) is 27.1 Å². The first-order valence-electron chi connectivity index (χ1n) is 7.95. The molecule has 0 N–H and O–H groups in total. The van der Waals surface area contributed by atoms with Crippen molar-refractivity contribution in [3.05, 3.63) is 40.2 Å². The highest BCUT2D eigenvalue weighted by Gasteiger charge is 2.17. The molecule has 0 aromatic carbocycles. The third-order valence-electron chi connectivity index (χ3n) is 3.76. The first kappa shape index (κ1) is 16.9. The van der Waals surface area contributed by atoms with Gasteiger partial charge in [-0.3, -0.25) is 4.90 Å². The Morgan fingerprint density at radius 3 is 2.62 bits per heavy atom. The molecule has 6 nitrogen and oxygen atoms in total. The summed E-state index contributed by atoms with van der Waals surface area (Å²) in [5.74, 6) is 3.15. The fraction of sp³-hybridized carbons (Fsp3) is 0.471. The van der Waals surface area contributed by atoms with E-state index in [1.165, 1.54) is 5.56 Å². The van der Waals surface area contributed by atoms with Gasteiger partial charge in [-0.1, -0.05) is 19.0 Å². The van der Waals surface area contributed by atoms with Gasteiger partial charge in [0.15, 0.2) is 5.82 Å². The molecule has 3 rings (SSSR count). The molecule has 0 aliphatic heterocycles. The van der Waals surface area contributed by atoms with Gasteiger partial charge in [-0.25, -0.2) is 4.98 Å². The normalized spacial score (nSPS) is 11.8. The molecule has 128 valence electrons. The highest BCUT2D eigenvalue weighted by Crippen LogP contribution is 2.30. The van der Waals surface area contributed by atoms with Crippen LogP contribution in [0.3, 0.4) is 0 Å². The van der Waals surface area contributed by atoms with Crippen molar-refractivity contribution in [2.75, 3.05) is 7.05 Å². The Morgan fingerprint density at radius 2 is 2.00 bits per heavy atom. The first-order valence-corrected chi connectivity index (χ1v) is 8.83. The van der Waals surface area contributed by atoms with Crippen molar-refractivity contribution in [3.8, 4) is 10.8 Å². The zero-order chi connectivity index (χ0) is 17.3. The lowest BCUT2D eigenvalue weighted by Gasteiger charge is -2.12. The van der Waals surface area contributed by atoms with Crippen molar-refractivity contribution in [3.63, 3.8) is 0 Å². The monoisotopic (exact) mass is 346 g/mol. The summed E-state index contributed by atoms with van der Waals surface area (Å²) >= 11 is 1.65. The average molecular weight is 346 g/mol. The van der Waals surface area contributed by atoms with Gasteiger partial charge in [0.05, 0.1) is 17.1 Å².